The highest BCUT2D eigenvalue weighted by Crippen LogP contribution is 2.31. The summed E-state index contributed by atoms with van der Waals surface area (Å²) in [5.41, 5.74) is 0.138. The van der Waals surface area contributed by atoms with E-state index in [1.165, 1.54) is 10.5 Å². The molecule has 162 valence electrons. The summed E-state index contributed by atoms with van der Waals surface area (Å²) in [6.45, 7) is 4.94. The minimum Gasteiger partial charge on any atom is -0.436 e. The Kier molecular flexibility index (Phi) is 5.47. The van der Waals surface area contributed by atoms with Crippen LogP contribution >= 0.6 is 11.6 Å². The summed E-state index contributed by atoms with van der Waals surface area (Å²) >= 11 is 5.86. The molecule has 2 aromatic rings. The molecule has 30 heavy (non-hydrogen) atoms. The van der Waals surface area contributed by atoms with Crippen molar-refractivity contribution in [3.8, 4) is 6.01 Å². The highest BCUT2D eigenvalue weighted by molar-refractivity contribution is 7.88. The normalized spacial score (nSPS) is 22.6. The molecule has 0 spiro atoms. The van der Waals surface area contributed by atoms with E-state index in [1.54, 1.807) is 28.8 Å². The molecule has 3 heterocycles. The van der Waals surface area contributed by atoms with Crippen LogP contribution in [0.15, 0.2) is 30.5 Å². The standard InChI is InChI=1S/C18H22ClN5O5S/c1-18(13-22-10-16(24(25)26)20-17(22)29-18)12-21-6-8-23(9-7-21)30(27,28)11-14-2-4-15(19)5-3-14/h2-5,10H,6-9,11-13H2,1H3. The minimum atomic E-state index is -3.41. The molecule has 0 saturated carbocycles. The number of nitro groups is 1. The van der Waals surface area contributed by atoms with E-state index in [1.807, 2.05) is 6.92 Å². The Morgan fingerprint density at radius 1 is 1.23 bits per heavy atom. The first-order valence-corrected chi connectivity index (χ1v) is 11.5. The molecule has 0 N–H and O–H groups in total. The second-order valence-corrected chi connectivity index (χ2v) is 10.3. The Balaban J connectivity index is 1.31. The molecular weight excluding hydrogens is 434 g/mol. The van der Waals surface area contributed by atoms with Crippen LogP contribution < -0.4 is 4.74 Å². The van der Waals surface area contributed by atoms with Crippen LogP contribution in [0.2, 0.25) is 5.02 Å². The molecule has 0 radical (unpaired) electrons. The fourth-order valence-electron chi connectivity index (χ4n) is 3.88. The van der Waals surface area contributed by atoms with Crippen molar-refractivity contribution in [1.82, 2.24) is 18.8 Å². The van der Waals surface area contributed by atoms with Crippen molar-refractivity contribution in [2.75, 3.05) is 32.7 Å². The predicted octanol–water partition coefficient (Wildman–Crippen LogP) is 1.74. The molecule has 1 atom stereocenters. The van der Waals surface area contributed by atoms with E-state index in [0.29, 0.717) is 49.9 Å². The summed E-state index contributed by atoms with van der Waals surface area (Å²) in [7, 11) is -3.41. The summed E-state index contributed by atoms with van der Waals surface area (Å²) < 4.78 is 34.5. The quantitative estimate of drug-likeness (QED) is 0.481. The monoisotopic (exact) mass is 455 g/mol. The fraction of sp³-hybridized carbons (Fsp3) is 0.500. The van der Waals surface area contributed by atoms with Gasteiger partial charge in [0.25, 0.3) is 0 Å². The molecule has 1 aromatic carbocycles. The second-order valence-electron chi connectivity index (χ2n) is 7.88. The molecule has 2 aliphatic heterocycles. The van der Waals surface area contributed by atoms with Crippen molar-refractivity contribution < 1.29 is 18.1 Å². The average Bonchev–Trinajstić information content (AvgIpc) is 3.19. The van der Waals surface area contributed by atoms with Crippen LogP contribution in [0.3, 0.4) is 0 Å². The lowest BCUT2D eigenvalue weighted by molar-refractivity contribution is -0.389. The molecule has 4 rings (SSSR count). The van der Waals surface area contributed by atoms with Crippen LogP contribution in [-0.2, 0) is 22.3 Å². The number of sulfonamides is 1. The molecule has 12 heteroatoms. The molecule has 10 nitrogen and oxygen atoms in total. The number of piperazine rings is 1. The van der Waals surface area contributed by atoms with Gasteiger partial charge in [-0.15, -0.1) is 0 Å². The average molecular weight is 456 g/mol. The third kappa shape index (κ3) is 4.43. The zero-order valence-corrected chi connectivity index (χ0v) is 18.0. The zero-order chi connectivity index (χ0) is 21.5. The first-order valence-electron chi connectivity index (χ1n) is 9.49. The van der Waals surface area contributed by atoms with Crippen LogP contribution in [0.25, 0.3) is 0 Å². The van der Waals surface area contributed by atoms with Gasteiger partial charge in [-0.2, -0.15) is 4.31 Å². The highest BCUT2D eigenvalue weighted by atomic mass is 35.5. The second kappa shape index (κ2) is 7.80. The van der Waals surface area contributed by atoms with Gasteiger partial charge in [0.05, 0.1) is 12.3 Å². The van der Waals surface area contributed by atoms with Crippen LogP contribution in [0.4, 0.5) is 5.82 Å². The van der Waals surface area contributed by atoms with Gasteiger partial charge in [0.2, 0.25) is 10.0 Å². The molecule has 1 aromatic heterocycles. The minimum absolute atomic E-state index is 0.0507. The highest BCUT2D eigenvalue weighted by Gasteiger charge is 2.42. The number of ether oxygens (including phenoxy) is 1. The van der Waals surface area contributed by atoms with Crippen LogP contribution in [-0.4, -0.2) is 70.4 Å². The van der Waals surface area contributed by atoms with Gasteiger partial charge in [-0.05, 0) is 29.5 Å². The van der Waals surface area contributed by atoms with Gasteiger partial charge in [0.1, 0.15) is 11.8 Å². The molecule has 1 fully saturated rings. The number of fused-ring (bicyclic) bond motifs is 1. The van der Waals surface area contributed by atoms with Crippen molar-refractivity contribution in [3.05, 3.63) is 51.2 Å². The Morgan fingerprint density at radius 2 is 1.90 bits per heavy atom. The first kappa shape index (κ1) is 21.0. The van der Waals surface area contributed by atoms with Gasteiger partial charge < -0.3 is 14.9 Å². The van der Waals surface area contributed by atoms with E-state index in [4.69, 9.17) is 16.3 Å². The molecule has 0 bridgehead atoms. The number of benzene rings is 1. The number of hydrogen-bond donors (Lipinski definition) is 0. The lowest BCUT2D eigenvalue weighted by atomic mass is 10.1. The molecule has 1 unspecified atom stereocenters. The number of aromatic nitrogens is 2. The molecule has 1 saturated heterocycles. The topological polar surface area (TPSA) is 111 Å². The zero-order valence-electron chi connectivity index (χ0n) is 16.4. The van der Waals surface area contributed by atoms with Gasteiger partial charge in [0, 0.05) is 42.7 Å². The van der Waals surface area contributed by atoms with Gasteiger partial charge >= 0.3 is 11.8 Å². The van der Waals surface area contributed by atoms with Gasteiger partial charge in [0.15, 0.2) is 0 Å². The Bertz CT molecular complexity index is 1020. The Morgan fingerprint density at radius 3 is 2.50 bits per heavy atom. The SMILES string of the molecule is CC1(CN2CCN(S(=O)(=O)Cc3ccc(Cl)cc3)CC2)Cn2cc([N+](=O)[O-])nc2O1. The van der Waals surface area contributed by atoms with E-state index in [-0.39, 0.29) is 17.6 Å². The van der Waals surface area contributed by atoms with Crippen molar-refractivity contribution >= 4 is 27.4 Å². The Hall–Kier alpha value is -2.21. The molecular formula is C18H22ClN5O5S. The van der Waals surface area contributed by atoms with Gasteiger partial charge in [-0.1, -0.05) is 23.7 Å². The van der Waals surface area contributed by atoms with E-state index in [0.717, 1.165) is 0 Å². The summed E-state index contributed by atoms with van der Waals surface area (Å²) in [6, 6.07) is 7.07. The number of halogens is 1. The summed E-state index contributed by atoms with van der Waals surface area (Å²) in [4.78, 5) is 16.3. The third-order valence-electron chi connectivity index (χ3n) is 5.30. The summed E-state index contributed by atoms with van der Waals surface area (Å²) in [5, 5.41) is 11.4. The largest absolute Gasteiger partial charge is 0.436 e. The van der Waals surface area contributed by atoms with Crippen LogP contribution in [0.5, 0.6) is 6.01 Å². The Labute approximate surface area is 179 Å². The lowest BCUT2D eigenvalue weighted by Gasteiger charge is -2.37. The van der Waals surface area contributed by atoms with E-state index < -0.39 is 20.5 Å². The fourth-order valence-corrected chi connectivity index (χ4v) is 5.53. The van der Waals surface area contributed by atoms with Gasteiger partial charge in [-0.25, -0.2) is 8.42 Å². The molecule has 0 aliphatic carbocycles. The first-order chi connectivity index (χ1) is 14.1. The molecule has 2 aliphatic rings. The lowest BCUT2D eigenvalue weighted by Crippen LogP contribution is -2.53. The number of hydrogen-bond acceptors (Lipinski definition) is 7. The van der Waals surface area contributed by atoms with Crippen molar-refractivity contribution in [1.29, 1.82) is 0 Å². The van der Waals surface area contributed by atoms with E-state index in [9.17, 15) is 18.5 Å². The smallest absolute Gasteiger partial charge is 0.415 e. The van der Waals surface area contributed by atoms with Crippen LogP contribution in [0, 0.1) is 10.1 Å². The van der Waals surface area contributed by atoms with Crippen molar-refractivity contribution in [3.63, 3.8) is 0 Å². The number of imidazole rings is 1. The summed E-state index contributed by atoms with van der Waals surface area (Å²) in [6.07, 6.45) is 1.38. The van der Waals surface area contributed by atoms with Gasteiger partial charge in [-0.3, -0.25) is 9.47 Å². The molecule has 0 amide bonds. The van der Waals surface area contributed by atoms with Crippen molar-refractivity contribution in [2.45, 2.75) is 24.8 Å². The predicted molar refractivity (Wildman–Crippen MR) is 110 cm³/mol. The maximum Gasteiger partial charge on any atom is 0.415 e. The van der Waals surface area contributed by atoms with E-state index >= 15 is 0 Å². The third-order valence-corrected chi connectivity index (χ3v) is 7.40. The number of nitrogens with zero attached hydrogens (tertiary/aromatic N) is 5. The maximum atomic E-state index is 12.7. The van der Waals surface area contributed by atoms with E-state index in [2.05, 4.69) is 9.88 Å². The maximum absolute atomic E-state index is 12.7. The van der Waals surface area contributed by atoms with Crippen LogP contribution in [0.1, 0.15) is 12.5 Å². The summed E-state index contributed by atoms with van der Waals surface area (Å²) in [5.74, 6) is -0.281. The number of rotatable bonds is 6. The van der Waals surface area contributed by atoms with Crippen molar-refractivity contribution in [2.24, 2.45) is 0 Å².